The minimum absolute atomic E-state index is 0.0147. The fourth-order valence-electron chi connectivity index (χ4n) is 3.67. The zero-order valence-electron chi connectivity index (χ0n) is 13.5. The summed E-state index contributed by atoms with van der Waals surface area (Å²) in [6, 6.07) is 7.41. The second-order valence-corrected chi connectivity index (χ2v) is 6.58. The van der Waals surface area contributed by atoms with E-state index in [2.05, 4.69) is 4.90 Å². The topological polar surface area (TPSA) is 66.6 Å². The Morgan fingerprint density at radius 3 is 2.57 bits per heavy atom. The third kappa shape index (κ3) is 3.72. The first-order valence-electron chi connectivity index (χ1n) is 8.57. The van der Waals surface area contributed by atoms with Crippen LogP contribution in [-0.4, -0.2) is 47.3 Å². The standard InChI is InChI=1S/C18H25N3O2/c19-17(22)15-7-5-6-14(12-15)13-21-11-2-1-8-16(21)18(23)20-9-3-4-10-20/h5-7,12,16H,1-4,8-11,13H2,(H2,19,22)/t16-/m0/s1. The van der Waals surface area contributed by atoms with E-state index in [1.807, 2.05) is 23.1 Å². The van der Waals surface area contributed by atoms with Gasteiger partial charge in [0.2, 0.25) is 11.8 Å². The van der Waals surface area contributed by atoms with Gasteiger partial charge >= 0.3 is 0 Å². The van der Waals surface area contributed by atoms with E-state index in [0.29, 0.717) is 12.1 Å². The summed E-state index contributed by atoms with van der Waals surface area (Å²) in [4.78, 5) is 28.4. The van der Waals surface area contributed by atoms with Gasteiger partial charge in [0, 0.05) is 25.2 Å². The van der Waals surface area contributed by atoms with Crippen LogP contribution in [-0.2, 0) is 11.3 Å². The van der Waals surface area contributed by atoms with Crippen LogP contribution in [0.1, 0.15) is 48.0 Å². The second kappa shape index (κ2) is 7.13. The molecule has 0 saturated carbocycles. The summed E-state index contributed by atoms with van der Waals surface area (Å²) in [7, 11) is 0. The monoisotopic (exact) mass is 315 g/mol. The molecule has 0 aliphatic carbocycles. The number of carbonyl (C=O) groups excluding carboxylic acids is 2. The summed E-state index contributed by atoms with van der Waals surface area (Å²) in [5, 5.41) is 0. The second-order valence-electron chi connectivity index (χ2n) is 6.58. The fourth-order valence-corrected chi connectivity index (χ4v) is 3.67. The number of nitrogens with zero attached hydrogens (tertiary/aromatic N) is 2. The quantitative estimate of drug-likeness (QED) is 0.920. The van der Waals surface area contributed by atoms with Gasteiger partial charge in [-0.2, -0.15) is 0 Å². The molecule has 2 N–H and O–H groups in total. The molecule has 1 aromatic rings. The Morgan fingerprint density at radius 1 is 1.09 bits per heavy atom. The molecule has 3 rings (SSSR count). The van der Waals surface area contributed by atoms with Gasteiger partial charge in [0.15, 0.2) is 0 Å². The smallest absolute Gasteiger partial charge is 0.248 e. The number of amides is 2. The minimum atomic E-state index is -0.407. The molecule has 0 bridgehead atoms. The average molecular weight is 315 g/mol. The van der Waals surface area contributed by atoms with Gasteiger partial charge in [-0.15, -0.1) is 0 Å². The number of primary amides is 1. The number of hydrogen-bond acceptors (Lipinski definition) is 3. The van der Waals surface area contributed by atoms with E-state index in [9.17, 15) is 9.59 Å². The molecule has 2 aliphatic heterocycles. The maximum Gasteiger partial charge on any atom is 0.248 e. The first-order chi connectivity index (χ1) is 11.1. The molecular formula is C18H25N3O2. The van der Waals surface area contributed by atoms with Gasteiger partial charge in [0.05, 0.1) is 6.04 Å². The van der Waals surface area contributed by atoms with Crippen LogP contribution in [0.2, 0.25) is 0 Å². The maximum absolute atomic E-state index is 12.8. The number of rotatable bonds is 4. The van der Waals surface area contributed by atoms with Crippen LogP contribution in [0.5, 0.6) is 0 Å². The van der Waals surface area contributed by atoms with Crippen LogP contribution in [0.25, 0.3) is 0 Å². The molecular weight excluding hydrogens is 290 g/mol. The molecule has 0 unspecified atom stereocenters. The number of benzene rings is 1. The summed E-state index contributed by atoms with van der Waals surface area (Å²) in [6.45, 7) is 3.44. The summed E-state index contributed by atoms with van der Waals surface area (Å²) in [5.74, 6) is -0.122. The van der Waals surface area contributed by atoms with E-state index in [4.69, 9.17) is 5.73 Å². The van der Waals surface area contributed by atoms with E-state index in [1.54, 1.807) is 6.07 Å². The zero-order valence-corrected chi connectivity index (χ0v) is 13.5. The highest BCUT2D eigenvalue weighted by atomic mass is 16.2. The van der Waals surface area contributed by atoms with Crippen molar-refractivity contribution in [3.8, 4) is 0 Å². The van der Waals surface area contributed by atoms with Gasteiger partial charge in [-0.3, -0.25) is 14.5 Å². The SMILES string of the molecule is NC(=O)c1cccc(CN2CCCC[C@H]2C(=O)N2CCCC2)c1. The van der Waals surface area contributed by atoms with Gasteiger partial charge in [-0.05, 0) is 49.9 Å². The normalized spacial score (nSPS) is 22.3. The Bertz CT molecular complexity index is 581. The number of carbonyl (C=O) groups is 2. The maximum atomic E-state index is 12.8. The van der Waals surface area contributed by atoms with E-state index < -0.39 is 5.91 Å². The molecule has 1 atom stereocenters. The minimum Gasteiger partial charge on any atom is -0.366 e. The molecule has 23 heavy (non-hydrogen) atoms. The predicted molar refractivity (Wildman–Crippen MR) is 88.8 cm³/mol. The molecule has 0 radical (unpaired) electrons. The molecule has 0 spiro atoms. The van der Waals surface area contributed by atoms with Gasteiger partial charge < -0.3 is 10.6 Å². The van der Waals surface area contributed by atoms with Gasteiger partial charge in [-0.25, -0.2) is 0 Å². The van der Waals surface area contributed by atoms with E-state index in [0.717, 1.165) is 57.3 Å². The lowest BCUT2D eigenvalue weighted by molar-refractivity contribution is -0.137. The molecule has 0 aromatic heterocycles. The van der Waals surface area contributed by atoms with Crippen molar-refractivity contribution in [3.63, 3.8) is 0 Å². The number of nitrogens with two attached hydrogens (primary N) is 1. The third-order valence-electron chi connectivity index (χ3n) is 4.91. The van der Waals surface area contributed by atoms with E-state index in [1.165, 1.54) is 0 Å². The lowest BCUT2D eigenvalue weighted by atomic mass is 9.99. The molecule has 124 valence electrons. The Labute approximate surface area is 137 Å². The summed E-state index contributed by atoms with van der Waals surface area (Å²) >= 11 is 0. The average Bonchev–Trinajstić information content (AvgIpc) is 3.09. The molecule has 2 heterocycles. The largest absolute Gasteiger partial charge is 0.366 e. The Hall–Kier alpha value is -1.88. The first kappa shape index (κ1) is 16.0. The first-order valence-corrected chi connectivity index (χ1v) is 8.57. The van der Waals surface area contributed by atoms with Gasteiger partial charge in [0.25, 0.3) is 0 Å². The van der Waals surface area contributed by atoms with Crippen molar-refractivity contribution in [2.24, 2.45) is 5.73 Å². The van der Waals surface area contributed by atoms with Crippen LogP contribution in [0, 0.1) is 0 Å². The van der Waals surface area contributed by atoms with Gasteiger partial charge in [0.1, 0.15) is 0 Å². The van der Waals surface area contributed by atoms with Crippen LogP contribution in [0.3, 0.4) is 0 Å². The van der Waals surface area contributed by atoms with Crippen molar-refractivity contribution in [1.82, 2.24) is 9.80 Å². The molecule has 1 aromatic carbocycles. The molecule has 5 nitrogen and oxygen atoms in total. The Morgan fingerprint density at radius 2 is 1.83 bits per heavy atom. The molecule has 2 amide bonds. The molecule has 2 saturated heterocycles. The Kier molecular flexibility index (Phi) is 4.96. The van der Waals surface area contributed by atoms with Crippen LogP contribution < -0.4 is 5.73 Å². The zero-order chi connectivity index (χ0) is 16.2. The van der Waals surface area contributed by atoms with Crippen LogP contribution in [0.15, 0.2) is 24.3 Å². The third-order valence-corrected chi connectivity index (χ3v) is 4.91. The number of likely N-dealkylation sites (tertiary alicyclic amines) is 2. The van der Waals surface area contributed by atoms with Crippen LogP contribution >= 0.6 is 0 Å². The number of hydrogen-bond donors (Lipinski definition) is 1. The van der Waals surface area contributed by atoms with Crippen molar-refractivity contribution < 1.29 is 9.59 Å². The lowest BCUT2D eigenvalue weighted by Gasteiger charge is -2.36. The van der Waals surface area contributed by atoms with Crippen LogP contribution in [0.4, 0.5) is 0 Å². The van der Waals surface area contributed by atoms with Crippen molar-refractivity contribution in [2.45, 2.75) is 44.7 Å². The summed E-state index contributed by atoms with van der Waals surface area (Å²) in [6.07, 6.45) is 5.42. The van der Waals surface area contributed by atoms with Crippen molar-refractivity contribution >= 4 is 11.8 Å². The van der Waals surface area contributed by atoms with E-state index in [-0.39, 0.29) is 11.9 Å². The highest BCUT2D eigenvalue weighted by Gasteiger charge is 2.32. The molecule has 2 fully saturated rings. The predicted octanol–water partition coefficient (Wildman–Crippen LogP) is 1.76. The van der Waals surface area contributed by atoms with Crippen molar-refractivity contribution in [1.29, 1.82) is 0 Å². The molecule has 5 heteroatoms. The highest BCUT2D eigenvalue weighted by Crippen LogP contribution is 2.23. The van der Waals surface area contributed by atoms with Gasteiger partial charge in [-0.1, -0.05) is 18.6 Å². The fraction of sp³-hybridized carbons (Fsp3) is 0.556. The highest BCUT2D eigenvalue weighted by molar-refractivity contribution is 5.92. The van der Waals surface area contributed by atoms with Crippen molar-refractivity contribution in [2.75, 3.05) is 19.6 Å². The lowest BCUT2D eigenvalue weighted by Crippen LogP contribution is -2.49. The van der Waals surface area contributed by atoms with Crippen molar-refractivity contribution in [3.05, 3.63) is 35.4 Å². The molecule has 2 aliphatic rings. The van der Waals surface area contributed by atoms with E-state index >= 15 is 0 Å². The number of piperidine rings is 1. The summed E-state index contributed by atoms with van der Waals surface area (Å²) < 4.78 is 0. The Balaban J connectivity index is 1.72. The summed E-state index contributed by atoms with van der Waals surface area (Å²) in [5.41, 5.74) is 6.93.